The molecule has 4 nitrogen and oxygen atoms in total. The van der Waals surface area contributed by atoms with Crippen LogP contribution in [0.2, 0.25) is 0 Å². The van der Waals surface area contributed by atoms with Crippen molar-refractivity contribution < 1.29 is 19.1 Å². The van der Waals surface area contributed by atoms with Crippen molar-refractivity contribution >= 4 is 73.1 Å². The van der Waals surface area contributed by atoms with Crippen LogP contribution in [0, 0.1) is 7.14 Å². The van der Waals surface area contributed by atoms with E-state index in [0.717, 1.165) is 11.6 Å². The summed E-state index contributed by atoms with van der Waals surface area (Å²) in [6.45, 7) is 0. The fraction of sp³-hybridized carbons (Fsp3) is 0.125. The summed E-state index contributed by atoms with van der Waals surface area (Å²) in [5.74, 6) is -0.587. The van der Waals surface area contributed by atoms with E-state index in [0.29, 0.717) is 11.1 Å². The van der Waals surface area contributed by atoms with Crippen molar-refractivity contribution in [3.8, 4) is 0 Å². The van der Waals surface area contributed by atoms with E-state index >= 15 is 0 Å². The van der Waals surface area contributed by atoms with Crippen LogP contribution in [0.25, 0.3) is 0 Å². The molecule has 2 rings (SSSR count). The van der Waals surface area contributed by atoms with Crippen molar-refractivity contribution in [1.29, 1.82) is 0 Å². The van der Waals surface area contributed by atoms with Crippen LogP contribution in [0.5, 0.6) is 0 Å². The number of benzene rings is 2. The van der Waals surface area contributed by atoms with Gasteiger partial charge in [-0.1, -0.05) is 28.1 Å². The molecule has 0 aliphatic heterocycles. The van der Waals surface area contributed by atoms with Crippen molar-refractivity contribution in [3.05, 3.63) is 65.2 Å². The smallest absolute Gasteiger partial charge is 0.338 e. The molecule has 0 saturated carbocycles. The van der Waals surface area contributed by atoms with Crippen molar-refractivity contribution in [2.75, 3.05) is 14.2 Å². The first-order valence-electron chi connectivity index (χ1n) is 6.27. The Morgan fingerprint density at radius 2 is 1.39 bits per heavy atom. The number of halogens is 3. The predicted molar refractivity (Wildman–Crippen MR) is 109 cm³/mol. The van der Waals surface area contributed by atoms with Gasteiger partial charge in [-0.15, -0.1) is 0 Å². The maximum atomic E-state index is 11.1. The van der Waals surface area contributed by atoms with Gasteiger partial charge < -0.3 is 9.47 Å². The lowest BCUT2D eigenvalue weighted by molar-refractivity contribution is 0.0590. The van der Waals surface area contributed by atoms with E-state index < -0.39 is 0 Å². The molecule has 0 saturated heterocycles. The van der Waals surface area contributed by atoms with E-state index in [1.165, 1.54) is 14.2 Å². The molecule has 2 aromatic carbocycles. The molecule has 0 aliphatic rings. The van der Waals surface area contributed by atoms with Crippen molar-refractivity contribution in [3.63, 3.8) is 0 Å². The van der Waals surface area contributed by atoms with Crippen molar-refractivity contribution in [1.82, 2.24) is 0 Å². The lowest BCUT2D eigenvalue weighted by atomic mass is 10.2. The predicted octanol–water partition coefficient (Wildman–Crippen LogP) is 4.92. The number of rotatable bonds is 2. The number of ether oxygens (including phenoxy) is 2. The monoisotopic (exact) mass is 602 g/mol. The molecule has 0 fully saturated rings. The van der Waals surface area contributed by atoms with Gasteiger partial charge in [-0.3, -0.25) is 0 Å². The minimum Gasteiger partial charge on any atom is -0.465 e. The Balaban J connectivity index is 0.000000231. The fourth-order valence-corrected chi connectivity index (χ4v) is 3.02. The summed E-state index contributed by atoms with van der Waals surface area (Å²) in [6.07, 6.45) is 0. The molecule has 7 heteroatoms. The molecule has 0 atom stereocenters. The number of hydrogen-bond acceptors (Lipinski definition) is 4. The Labute approximate surface area is 170 Å². The summed E-state index contributed by atoms with van der Waals surface area (Å²) in [4.78, 5) is 22.1. The van der Waals surface area contributed by atoms with Crippen LogP contribution in [0.15, 0.2) is 46.9 Å². The number of carbonyl (C=O) groups is 2. The Morgan fingerprint density at radius 1 is 0.870 bits per heavy atom. The summed E-state index contributed by atoms with van der Waals surface area (Å²) in [6, 6.07) is 12.8. The molecule has 0 aliphatic carbocycles. The Bertz CT molecular complexity index is 704. The van der Waals surface area contributed by atoms with Crippen LogP contribution in [0.1, 0.15) is 20.7 Å². The average Bonchev–Trinajstić information content (AvgIpc) is 2.56. The molecule has 0 N–H and O–H groups in total. The van der Waals surface area contributed by atoms with Crippen LogP contribution in [0.3, 0.4) is 0 Å². The van der Waals surface area contributed by atoms with Crippen LogP contribution >= 0.6 is 61.1 Å². The molecule has 0 amide bonds. The van der Waals surface area contributed by atoms with Gasteiger partial charge in [-0.25, -0.2) is 9.59 Å². The standard InChI is InChI=1S/C8H6BrIO2.C8H7IO2/c1-12-8(11)6-4-5(9)2-3-7(6)10;1-11-8(10)6-4-2-3-5-7(6)9/h2-4H,1H3;2-5H,1H3. The number of esters is 2. The lowest BCUT2D eigenvalue weighted by Crippen LogP contribution is -2.03. The van der Waals surface area contributed by atoms with Crippen LogP contribution in [0.4, 0.5) is 0 Å². The Hall–Kier alpha value is -0.680. The highest BCUT2D eigenvalue weighted by Gasteiger charge is 2.09. The Morgan fingerprint density at radius 3 is 1.96 bits per heavy atom. The van der Waals surface area contributed by atoms with Crippen LogP contribution in [-0.4, -0.2) is 26.2 Å². The van der Waals surface area contributed by atoms with Gasteiger partial charge in [0.25, 0.3) is 0 Å². The zero-order valence-electron chi connectivity index (χ0n) is 12.3. The van der Waals surface area contributed by atoms with Gasteiger partial charge in [0.2, 0.25) is 0 Å². The molecular formula is C16H13BrI2O4. The SMILES string of the molecule is COC(=O)c1cc(Br)ccc1I.COC(=O)c1ccccc1I. The third-order valence-electron chi connectivity index (χ3n) is 2.61. The van der Waals surface area contributed by atoms with Gasteiger partial charge in [0.15, 0.2) is 0 Å². The highest BCUT2D eigenvalue weighted by atomic mass is 127. The highest BCUT2D eigenvalue weighted by molar-refractivity contribution is 14.1. The van der Waals surface area contributed by atoms with Gasteiger partial charge in [-0.2, -0.15) is 0 Å². The first-order chi connectivity index (χ1) is 10.9. The fourth-order valence-electron chi connectivity index (χ4n) is 1.50. The van der Waals surface area contributed by atoms with E-state index in [-0.39, 0.29) is 11.9 Å². The minimum atomic E-state index is -0.305. The maximum Gasteiger partial charge on any atom is 0.338 e. The van der Waals surface area contributed by atoms with Gasteiger partial charge in [0.1, 0.15) is 0 Å². The van der Waals surface area contributed by atoms with E-state index in [9.17, 15) is 9.59 Å². The van der Waals surface area contributed by atoms with Crippen LogP contribution in [-0.2, 0) is 9.47 Å². The second-order valence-electron chi connectivity index (χ2n) is 4.09. The molecule has 23 heavy (non-hydrogen) atoms. The van der Waals surface area contributed by atoms with Gasteiger partial charge in [-0.05, 0) is 75.5 Å². The second-order valence-corrected chi connectivity index (χ2v) is 7.33. The van der Waals surface area contributed by atoms with E-state index in [1.54, 1.807) is 12.1 Å². The van der Waals surface area contributed by atoms with Crippen molar-refractivity contribution in [2.24, 2.45) is 0 Å². The third kappa shape index (κ3) is 6.38. The quantitative estimate of drug-likeness (QED) is 0.362. The molecule has 0 bridgehead atoms. The van der Waals surface area contributed by atoms with Crippen molar-refractivity contribution in [2.45, 2.75) is 0 Å². The highest BCUT2D eigenvalue weighted by Crippen LogP contribution is 2.18. The van der Waals surface area contributed by atoms with E-state index in [1.807, 2.05) is 30.3 Å². The summed E-state index contributed by atoms with van der Waals surface area (Å²) >= 11 is 7.47. The molecule has 0 unspecified atom stereocenters. The summed E-state index contributed by atoms with van der Waals surface area (Å²) in [5.41, 5.74) is 1.21. The normalized spacial score (nSPS) is 9.43. The first-order valence-corrected chi connectivity index (χ1v) is 9.22. The first kappa shape index (κ1) is 20.4. The second kappa shape index (κ2) is 10.2. The van der Waals surface area contributed by atoms with Gasteiger partial charge in [0.05, 0.1) is 25.3 Å². The average molecular weight is 603 g/mol. The van der Waals surface area contributed by atoms with Gasteiger partial charge in [0, 0.05) is 11.6 Å². The molecule has 122 valence electrons. The Kier molecular flexibility index (Phi) is 9.07. The number of methoxy groups -OCH3 is 2. The number of hydrogen-bond donors (Lipinski definition) is 0. The zero-order valence-corrected chi connectivity index (χ0v) is 18.2. The number of carbonyl (C=O) groups excluding carboxylic acids is 2. The summed E-state index contributed by atoms with van der Waals surface area (Å²) in [5, 5.41) is 0. The maximum absolute atomic E-state index is 11.1. The molecule has 0 heterocycles. The zero-order chi connectivity index (χ0) is 17.4. The molecule has 2 aromatic rings. The molecule has 0 spiro atoms. The largest absolute Gasteiger partial charge is 0.465 e. The van der Waals surface area contributed by atoms with E-state index in [2.05, 4.69) is 70.6 Å². The summed E-state index contributed by atoms with van der Waals surface area (Å²) < 4.78 is 11.9. The van der Waals surface area contributed by atoms with Gasteiger partial charge >= 0.3 is 11.9 Å². The summed E-state index contributed by atoms with van der Waals surface area (Å²) in [7, 11) is 2.75. The molecule has 0 radical (unpaired) electrons. The third-order valence-corrected chi connectivity index (χ3v) is 4.99. The topological polar surface area (TPSA) is 52.6 Å². The molecule has 0 aromatic heterocycles. The van der Waals surface area contributed by atoms with Crippen LogP contribution < -0.4 is 0 Å². The molecular weight excluding hydrogens is 590 g/mol. The lowest BCUT2D eigenvalue weighted by Gasteiger charge is -2.01. The van der Waals surface area contributed by atoms with E-state index in [4.69, 9.17) is 0 Å². The minimum absolute atomic E-state index is 0.282.